The van der Waals surface area contributed by atoms with Crippen LogP contribution >= 0.6 is 0 Å². The molecule has 1 N–H and O–H groups in total. The molecule has 6 nitrogen and oxygen atoms in total. The van der Waals surface area contributed by atoms with Crippen LogP contribution < -0.4 is 5.56 Å². The van der Waals surface area contributed by atoms with E-state index < -0.39 is 0 Å². The first kappa shape index (κ1) is 19.1. The second-order valence-corrected chi connectivity index (χ2v) is 7.51. The SMILES string of the molecule is CC(=O)N1CCN(C(=O)CCc2cc3cc(C(C)C)ccc3[nH]c2=O)CC1. The van der Waals surface area contributed by atoms with E-state index in [-0.39, 0.29) is 17.4 Å². The van der Waals surface area contributed by atoms with Gasteiger partial charge >= 0.3 is 0 Å². The molecule has 1 aromatic carbocycles. The maximum atomic E-state index is 12.5. The lowest BCUT2D eigenvalue weighted by Crippen LogP contribution is -2.50. The molecule has 3 rings (SSSR count). The first-order valence-corrected chi connectivity index (χ1v) is 9.54. The van der Waals surface area contributed by atoms with Crippen molar-refractivity contribution in [2.45, 2.75) is 39.5 Å². The van der Waals surface area contributed by atoms with E-state index >= 15 is 0 Å². The summed E-state index contributed by atoms with van der Waals surface area (Å²) < 4.78 is 0. The van der Waals surface area contributed by atoms with Crippen molar-refractivity contribution in [3.05, 3.63) is 45.7 Å². The minimum atomic E-state index is -0.131. The Balaban J connectivity index is 1.67. The smallest absolute Gasteiger partial charge is 0.251 e. The summed E-state index contributed by atoms with van der Waals surface area (Å²) in [5, 5.41) is 0.998. The van der Waals surface area contributed by atoms with E-state index in [1.807, 2.05) is 18.2 Å². The fraction of sp³-hybridized carbons (Fsp3) is 0.476. The van der Waals surface area contributed by atoms with Crippen LogP contribution in [0.4, 0.5) is 0 Å². The predicted molar refractivity (Wildman–Crippen MR) is 106 cm³/mol. The van der Waals surface area contributed by atoms with Gasteiger partial charge in [-0.2, -0.15) is 0 Å². The van der Waals surface area contributed by atoms with Gasteiger partial charge < -0.3 is 14.8 Å². The van der Waals surface area contributed by atoms with E-state index in [1.54, 1.807) is 16.7 Å². The van der Waals surface area contributed by atoms with Gasteiger partial charge in [0.1, 0.15) is 0 Å². The molecule has 1 aliphatic heterocycles. The average molecular weight is 369 g/mol. The Kier molecular flexibility index (Phi) is 5.63. The summed E-state index contributed by atoms with van der Waals surface area (Å²) in [6, 6.07) is 7.98. The van der Waals surface area contributed by atoms with Gasteiger partial charge in [0.15, 0.2) is 0 Å². The summed E-state index contributed by atoms with van der Waals surface area (Å²) in [6.45, 7) is 8.10. The van der Waals surface area contributed by atoms with Crippen LogP contribution in [0.3, 0.4) is 0 Å². The summed E-state index contributed by atoms with van der Waals surface area (Å²) >= 11 is 0. The topological polar surface area (TPSA) is 73.5 Å². The van der Waals surface area contributed by atoms with Crippen LogP contribution in [0.1, 0.15) is 44.2 Å². The van der Waals surface area contributed by atoms with Crippen molar-refractivity contribution >= 4 is 22.7 Å². The molecule has 0 spiro atoms. The van der Waals surface area contributed by atoms with E-state index in [0.717, 1.165) is 10.9 Å². The largest absolute Gasteiger partial charge is 0.339 e. The number of nitrogens with one attached hydrogen (secondary N) is 1. The summed E-state index contributed by atoms with van der Waals surface area (Å²) in [5.41, 5.74) is 2.55. The first-order valence-electron chi connectivity index (χ1n) is 9.54. The van der Waals surface area contributed by atoms with Gasteiger partial charge in [-0.15, -0.1) is 0 Å². The number of rotatable bonds is 4. The molecule has 2 aromatic rings. The quantitative estimate of drug-likeness (QED) is 0.898. The van der Waals surface area contributed by atoms with E-state index in [4.69, 9.17) is 0 Å². The monoisotopic (exact) mass is 369 g/mol. The highest BCUT2D eigenvalue weighted by Crippen LogP contribution is 2.20. The van der Waals surface area contributed by atoms with Crippen molar-refractivity contribution in [3.63, 3.8) is 0 Å². The molecule has 0 saturated carbocycles. The highest BCUT2D eigenvalue weighted by molar-refractivity contribution is 5.80. The normalized spacial score (nSPS) is 14.8. The molecule has 2 amide bonds. The van der Waals surface area contributed by atoms with Crippen LogP contribution in [0, 0.1) is 0 Å². The number of H-pyrrole nitrogens is 1. The number of piperazine rings is 1. The summed E-state index contributed by atoms with van der Waals surface area (Å²) in [6.07, 6.45) is 0.724. The van der Waals surface area contributed by atoms with Crippen molar-refractivity contribution in [2.24, 2.45) is 0 Å². The number of aromatic nitrogens is 1. The van der Waals surface area contributed by atoms with Crippen molar-refractivity contribution < 1.29 is 9.59 Å². The van der Waals surface area contributed by atoms with Crippen LogP contribution in [-0.4, -0.2) is 52.8 Å². The number of carbonyl (C=O) groups excluding carboxylic acids is 2. The average Bonchev–Trinajstić information content (AvgIpc) is 2.65. The Hall–Kier alpha value is -2.63. The molecule has 6 heteroatoms. The van der Waals surface area contributed by atoms with Crippen LogP contribution in [0.2, 0.25) is 0 Å². The molecular weight excluding hydrogens is 342 g/mol. The van der Waals surface area contributed by atoms with Crippen LogP contribution in [-0.2, 0) is 16.0 Å². The van der Waals surface area contributed by atoms with Crippen LogP contribution in [0.15, 0.2) is 29.1 Å². The number of hydrogen-bond donors (Lipinski definition) is 1. The van der Waals surface area contributed by atoms with Gasteiger partial charge in [0.2, 0.25) is 11.8 Å². The van der Waals surface area contributed by atoms with Gasteiger partial charge in [0.05, 0.1) is 0 Å². The zero-order valence-electron chi connectivity index (χ0n) is 16.2. The third-order valence-corrected chi connectivity index (χ3v) is 5.30. The number of benzene rings is 1. The minimum absolute atomic E-state index is 0.0358. The zero-order chi connectivity index (χ0) is 19.6. The number of hydrogen-bond acceptors (Lipinski definition) is 3. The van der Waals surface area contributed by atoms with Gasteiger partial charge in [-0.05, 0) is 41.5 Å². The van der Waals surface area contributed by atoms with Gasteiger partial charge in [-0.3, -0.25) is 14.4 Å². The Labute approximate surface area is 159 Å². The highest BCUT2D eigenvalue weighted by Gasteiger charge is 2.22. The Morgan fingerprint density at radius 2 is 1.74 bits per heavy atom. The van der Waals surface area contributed by atoms with E-state index in [1.165, 1.54) is 5.56 Å². The third kappa shape index (κ3) is 4.38. The van der Waals surface area contributed by atoms with Gasteiger partial charge in [0, 0.05) is 50.6 Å². The van der Waals surface area contributed by atoms with Crippen molar-refractivity contribution in [1.82, 2.24) is 14.8 Å². The fourth-order valence-corrected chi connectivity index (χ4v) is 3.49. The molecule has 1 saturated heterocycles. The maximum absolute atomic E-state index is 12.5. The molecule has 0 aliphatic carbocycles. The molecule has 0 bridgehead atoms. The second-order valence-electron chi connectivity index (χ2n) is 7.51. The molecule has 2 heterocycles. The molecule has 1 fully saturated rings. The lowest BCUT2D eigenvalue weighted by atomic mass is 10.00. The zero-order valence-corrected chi connectivity index (χ0v) is 16.2. The standard InChI is InChI=1S/C21H27N3O3/c1-14(2)16-4-6-19-18(12-16)13-17(21(27)22-19)5-7-20(26)24-10-8-23(9-11-24)15(3)25/h4,6,12-14H,5,7-11H2,1-3H3,(H,22,27). The van der Waals surface area contributed by atoms with Gasteiger partial charge in [-0.25, -0.2) is 0 Å². The summed E-state index contributed by atoms with van der Waals surface area (Å²) in [4.78, 5) is 42.7. The minimum Gasteiger partial charge on any atom is -0.339 e. The molecule has 0 radical (unpaired) electrons. The van der Waals surface area contributed by atoms with E-state index in [9.17, 15) is 14.4 Å². The highest BCUT2D eigenvalue weighted by atomic mass is 16.2. The number of aryl methyl sites for hydroxylation is 1. The Morgan fingerprint density at radius 1 is 1.07 bits per heavy atom. The first-order chi connectivity index (χ1) is 12.8. The maximum Gasteiger partial charge on any atom is 0.251 e. The number of nitrogens with zero attached hydrogens (tertiary/aromatic N) is 2. The summed E-state index contributed by atoms with van der Waals surface area (Å²) in [7, 11) is 0. The van der Waals surface area contributed by atoms with E-state index in [2.05, 4.69) is 24.9 Å². The summed E-state index contributed by atoms with van der Waals surface area (Å²) in [5.74, 6) is 0.499. The lowest BCUT2D eigenvalue weighted by molar-refractivity contribution is -0.138. The van der Waals surface area contributed by atoms with Crippen molar-refractivity contribution in [2.75, 3.05) is 26.2 Å². The van der Waals surface area contributed by atoms with Gasteiger partial charge in [-0.1, -0.05) is 19.9 Å². The number of pyridine rings is 1. The van der Waals surface area contributed by atoms with Crippen molar-refractivity contribution in [1.29, 1.82) is 0 Å². The van der Waals surface area contributed by atoms with Crippen LogP contribution in [0.5, 0.6) is 0 Å². The molecule has 0 atom stereocenters. The number of carbonyl (C=O) groups is 2. The van der Waals surface area contributed by atoms with Crippen molar-refractivity contribution in [3.8, 4) is 0 Å². The van der Waals surface area contributed by atoms with Gasteiger partial charge in [0.25, 0.3) is 5.56 Å². The number of aromatic amines is 1. The number of amides is 2. The molecular formula is C21H27N3O3. The molecule has 144 valence electrons. The number of fused-ring (bicyclic) bond motifs is 1. The predicted octanol–water partition coefficient (Wildman–Crippen LogP) is 2.27. The molecule has 0 unspecified atom stereocenters. The lowest BCUT2D eigenvalue weighted by Gasteiger charge is -2.34. The molecule has 27 heavy (non-hydrogen) atoms. The second kappa shape index (κ2) is 7.94. The Morgan fingerprint density at radius 3 is 2.37 bits per heavy atom. The Bertz CT molecular complexity index is 909. The van der Waals surface area contributed by atoms with Crippen LogP contribution in [0.25, 0.3) is 10.9 Å². The van der Waals surface area contributed by atoms with E-state index in [0.29, 0.717) is 50.5 Å². The fourth-order valence-electron chi connectivity index (χ4n) is 3.49. The third-order valence-electron chi connectivity index (χ3n) is 5.30. The molecule has 1 aliphatic rings. The molecule has 1 aromatic heterocycles.